The average Bonchev–Trinajstić information content (AvgIpc) is 2.55. The summed E-state index contributed by atoms with van der Waals surface area (Å²) < 4.78 is 6.36. The Labute approximate surface area is 94.8 Å². The maximum atomic E-state index is 5.94. The summed E-state index contributed by atoms with van der Waals surface area (Å²) in [6.45, 7) is 0. The van der Waals surface area contributed by atoms with Crippen molar-refractivity contribution in [1.29, 1.82) is 0 Å². The predicted octanol–water partition coefficient (Wildman–Crippen LogP) is 3.39. The van der Waals surface area contributed by atoms with E-state index in [1.807, 2.05) is 0 Å². The van der Waals surface area contributed by atoms with E-state index in [9.17, 15) is 0 Å². The molecule has 14 heavy (non-hydrogen) atoms. The highest BCUT2D eigenvalue weighted by Gasteiger charge is 2.09. The smallest absolute Gasteiger partial charge is 0.198 e. The van der Waals surface area contributed by atoms with Gasteiger partial charge in [0.25, 0.3) is 0 Å². The summed E-state index contributed by atoms with van der Waals surface area (Å²) in [7, 11) is 1.65. The molecule has 74 valence electrons. The fourth-order valence-corrected chi connectivity index (χ4v) is 2.64. The second-order valence-corrected chi connectivity index (χ2v) is 4.55. The molecule has 0 aliphatic rings. The first-order chi connectivity index (χ1) is 6.76. The van der Waals surface area contributed by atoms with Crippen LogP contribution in [-0.2, 0) is 5.33 Å². The van der Waals surface area contributed by atoms with E-state index in [0.717, 1.165) is 21.5 Å². The minimum atomic E-state index is 0.746. The topological polar surface area (TPSA) is 35.2 Å². The minimum Gasteiger partial charge on any atom is -0.486 e. The summed E-state index contributed by atoms with van der Waals surface area (Å²) in [5.41, 5.74) is 7.92. The number of alkyl halides is 1. The van der Waals surface area contributed by atoms with E-state index in [2.05, 4.69) is 34.1 Å². The van der Waals surface area contributed by atoms with Gasteiger partial charge in [-0.05, 0) is 17.7 Å². The standard InChI is InChI=1S/C10H10BrNOS/c1-13-10-9(12)7-4-6(5-11)2-3-8(7)14-10/h2-4H,5,12H2,1H3. The van der Waals surface area contributed by atoms with Crippen LogP contribution in [0.5, 0.6) is 5.06 Å². The summed E-state index contributed by atoms with van der Waals surface area (Å²) >= 11 is 5.00. The van der Waals surface area contributed by atoms with E-state index in [4.69, 9.17) is 10.5 Å². The normalized spacial score (nSPS) is 10.7. The number of nitrogen functional groups attached to an aromatic ring is 1. The molecule has 1 aromatic heterocycles. The number of methoxy groups -OCH3 is 1. The number of rotatable bonds is 2. The van der Waals surface area contributed by atoms with Crippen LogP contribution < -0.4 is 10.5 Å². The number of fused-ring (bicyclic) bond motifs is 1. The first-order valence-electron chi connectivity index (χ1n) is 4.17. The summed E-state index contributed by atoms with van der Waals surface area (Å²) in [5, 5.41) is 2.73. The van der Waals surface area contributed by atoms with Crippen molar-refractivity contribution in [1.82, 2.24) is 0 Å². The lowest BCUT2D eigenvalue weighted by molar-refractivity contribution is 0.429. The van der Waals surface area contributed by atoms with Gasteiger partial charge in [-0.1, -0.05) is 33.3 Å². The zero-order valence-corrected chi connectivity index (χ0v) is 10.1. The fraction of sp³-hybridized carbons (Fsp3) is 0.200. The highest BCUT2D eigenvalue weighted by molar-refractivity contribution is 9.08. The number of benzene rings is 1. The second kappa shape index (κ2) is 3.79. The quantitative estimate of drug-likeness (QED) is 0.850. The molecule has 2 aromatic rings. The molecule has 0 radical (unpaired) electrons. The number of hydrogen-bond acceptors (Lipinski definition) is 3. The number of anilines is 1. The fourth-order valence-electron chi connectivity index (χ4n) is 1.38. The molecule has 2 rings (SSSR count). The van der Waals surface area contributed by atoms with Crippen molar-refractivity contribution in [3.63, 3.8) is 0 Å². The predicted molar refractivity (Wildman–Crippen MR) is 65.4 cm³/mol. The van der Waals surface area contributed by atoms with Crippen molar-refractivity contribution in [2.24, 2.45) is 0 Å². The van der Waals surface area contributed by atoms with Crippen LogP contribution in [-0.4, -0.2) is 7.11 Å². The van der Waals surface area contributed by atoms with Gasteiger partial charge in [0, 0.05) is 15.4 Å². The van der Waals surface area contributed by atoms with Crippen molar-refractivity contribution in [2.45, 2.75) is 5.33 Å². The molecule has 2 N–H and O–H groups in total. The first kappa shape index (κ1) is 9.80. The lowest BCUT2D eigenvalue weighted by atomic mass is 10.2. The molecule has 0 saturated carbocycles. The van der Waals surface area contributed by atoms with Crippen molar-refractivity contribution < 1.29 is 4.74 Å². The van der Waals surface area contributed by atoms with Crippen molar-refractivity contribution >= 4 is 43.0 Å². The molecule has 0 aliphatic carbocycles. The molecule has 0 fully saturated rings. The lowest BCUT2D eigenvalue weighted by Crippen LogP contribution is -1.87. The van der Waals surface area contributed by atoms with Crippen LogP contribution in [0.25, 0.3) is 10.1 Å². The summed E-state index contributed by atoms with van der Waals surface area (Å²) in [5.74, 6) is 0. The summed E-state index contributed by atoms with van der Waals surface area (Å²) in [4.78, 5) is 0. The van der Waals surface area contributed by atoms with Gasteiger partial charge in [-0.2, -0.15) is 0 Å². The molecule has 0 atom stereocenters. The van der Waals surface area contributed by atoms with Crippen LogP contribution in [0, 0.1) is 0 Å². The van der Waals surface area contributed by atoms with Crippen LogP contribution in [0.3, 0.4) is 0 Å². The molecule has 0 spiro atoms. The van der Waals surface area contributed by atoms with Crippen LogP contribution in [0.2, 0.25) is 0 Å². The van der Waals surface area contributed by atoms with Gasteiger partial charge in [-0.25, -0.2) is 0 Å². The maximum Gasteiger partial charge on any atom is 0.198 e. The van der Waals surface area contributed by atoms with E-state index in [1.165, 1.54) is 10.3 Å². The molecule has 2 nitrogen and oxygen atoms in total. The third-order valence-corrected chi connectivity index (χ3v) is 3.89. The van der Waals surface area contributed by atoms with Gasteiger partial charge < -0.3 is 10.5 Å². The summed E-state index contributed by atoms with van der Waals surface area (Å²) in [6.07, 6.45) is 0. The Morgan fingerprint density at radius 3 is 2.93 bits per heavy atom. The van der Waals surface area contributed by atoms with Gasteiger partial charge >= 0.3 is 0 Å². The first-order valence-corrected chi connectivity index (χ1v) is 6.11. The van der Waals surface area contributed by atoms with E-state index in [-0.39, 0.29) is 0 Å². The molecule has 0 aliphatic heterocycles. The molecule has 0 bridgehead atoms. The number of nitrogens with two attached hydrogens (primary N) is 1. The largest absolute Gasteiger partial charge is 0.486 e. The monoisotopic (exact) mass is 271 g/mol. The Balaban J connectivity index is 2.68. The Morgan fingerprint density at radius 1 is 1.50 bits per heavy atom. The Bertz CT molecular complexity index is 466. The SMILES string of the molecule is COc1sc2ccc(CBr)cc2c1N. The third-order valence-electron chi connectivity index (χ3n) is 2.10. The number of hydrogen-bond donors (Lipinski definition) is 1. The Hall–Kier alpha value is -0.740. The van der Waals surface area contributed by atoms with Gasteiger partial charge in [-0.3, -0.25) is 0 Å². The molecular formula is C10H10BrNOS. The average molecular weight is 272 g/mol. The second-order valence-electron chi connectivity index (χ2n) is 2.97. The molecule has 0 saturated heterocycles. The van der Waals surface area contributed by atoms with Gasteiger partial charge in [0.15, 0.2) is 5.06 Å². The van der Waals surface area contributed by atoms with Crippen molar-refractivity contribution in [3.8, 4) is 5.06 Å². The van der Waals surface area contributed by atoms with Crippen molar-refractivity contribution in [2.75, 3.05) is 12.8 Å². The maximum absolute atomic E-state index is 5.94. The molecule has 4 heteroatoms. The minimum absolute atomic E-state index is 0.746. The van der Waals surface area contributed by atoms with Gasteiger partial charge in [-0.15, -0.1) is 0 Å². The van der Waals surface area contributed by atoms with Crippen LogP contribution in [0.4, 0.5) is 5.69 Å². The number of thiophene rings is 1. The molecule has 0 unspecified atom stereocenters. The summed E-state index contributed by atoms with van der Waals surface area (Å²) in [6, 6.07) is 6.26. The highest BCUT2D eigenvalue weighted by Crippen LogP contribution is 2.40. The van der Waals surface area contributed by atoms with E-state index in [0.29, 0.717) is 0 Å². The zero-order valence-electron chi connectivity index (χ0n) is 7.71. The number of halogens is 1. The molecule has 1 aromatic carbocycles. The van der Waals surface area contributed by atoms with E-state index < -0.39 is 0 Å². The molecule has 0 amide bonds. The van der Waals surface area contributed by atoms with Gasteiger partial charge in [0.2, 0.25) is 0 Å². The molecule has 1 heterocycles. The molecular weight excluding hydrogens is 262 g/mol. The van der Waals surface area contributed by atoms with E-state index >= 15 is 0 Å². The highest BCUT2D eigenvalue weighted by atomic mass is 79.9. The lowest BCUT2D eigenvalue weighted by Gasteiger charge is -1.97. The van der Waals surface area contributed by atoms with Crippen LogP contribution >= 0.6 is 27.3 Å². The van der Waals surface area contributed by atoms with Crippen LogP contribution in [0.15, 0.2) is 18.2 Å². The Kier molecular flexibility index (Phi) is 2.65. The van der Waals surface area contributed by atoms with Gasteiger partial charge in [0.1, 0.15) is 0 Å². The zero-order chi connectivity index (χ0) is 10.1. The van der Waals surface area contributed by atoms with Gasteiger partial charge in [0.05, 0.1) is 12.8 Å². The van der Waals surface area contributed by atoms with E-state index in [1.54, 1.807) is 18.4 Å². The van der Waals surface area contributed by atoms with Crippen molar-refractivity contribution in [3.05, 3.63) is 23.8 Å². The third kappa shape index (κ3) is 1.48. The van der Waals surface area contributed by atoms with Crippen LogP contribution in [0.1, 0.15) is 5.56 Å². The Morgan fingerprint density at radius 2 is 2.29 bits per heavy atom. The number of ether oxygens (including phenoxy) is 1.